The largest absolute Gasteiger partial charge is 0.308 e. The van der Waals surface area contributed by atoms with Crippen LogP contribution in [-0.2, 0) is 6.42 Å². The van der Waals surface area contributed by atoms with Crippen molar-refractivity contribution in [3.63, 3.8) is 0 Å². The molecule has 4 aromatic rings. The minimum Gasteiger partial charge on any atom is -0.308 e. The van der Waals surface area contributed by atoms with E-state index in [0.717, 1.165) is 6.42 Å². The van der Waals surface area contributed by atoms with Gasteiger partial charge in [-0.15, -0.1) is 0 Å². The van der Waals surface area contributed by atoms with E-state index in [0.29, 0.717) is 0 Å². The summed E-state index contributed by atoms with van der Waals surface area (Å²) in [4.78, 5) is 0. The SMILES string of the molecule is C=Cc1c(CC)c2cccc3c4ccccc4n1c23. The van der Waals surface area contributed by atoms with Gasteiger partial charge in [0, 0.05) is 21.9 Å². The maximum absolute atomic E-state index is 4.02. The van der Waals surface area contributed by atoms with Gasteiger partial charge < -0.3 is 4.40 Å². The maximum Gasteiger partial charge on any atom is 0.0617 e. The lowest BCUT2D eigenvalue weighted by atomic mass is 10.0. The van der Waals surface area contributed by atoms with Gasteiger partial charge in [-0.25, -0.2) is 0 Å². The molecule has 0 radical (unpaired) electrons. The van der Waals surface area contributed by atoms with Crippen molar-refractivity contribution in [2.24, 2.45) is 0 Å². The molecule has 0 aliphatic rings. The van der Waals surface area contributed by atoms with Crippen LogP contribution in [0.2, 0.25) is 0 Å². The number of fused-ring (bicyclic) bond motifs is 3. The molecule has 1 nitrogen and oxygen atoms in total. The summed E-state index contributed by atoms with van der Waals surface area (Å²) in [5.41, 5.74) is 5.27. The van der Waals surface area contributed by atoms with E-state index in [1.54, 1.807) is 0 Å². The Morgan fingerprint density at radius 2 is 1.74 bits per heavy atom. The molecule has 4 rings (SSSR count). The van der Waals surface area contributed by atoms with Gasteiger partial charge in [0.1, 0.15) is 0 Å². The summed E-state index contributed by atoms with van der Waals surface area (Å²) in [5, 5.41) is 4.04. The third kappa shape index (κ3) is 1.15. The van der Waals surface area contributed by atoms with Gasteiger partial charge >= 0.3 is 0 Å². The molecule has 1 heteroatoms. The molecule has 0 bridgehead atoms. The zero-order chi connectivity index (χ0) is 13.0. The number of rotatable bonds is 2. The van der Waals surface area contributed by atoms with Crippen molar-refractivity contribution in [3.8, 4) is 0 Å². The predicted octanol–water partition coefficient (Wildman–Crippen LogP) is 4.89. The molecule has 0 spiro atoms. The summed E-state index contributed by atoms with van der Waals surface area (Å²) in [6, 6.07) is 15.2. The summed E-state index contributed by atoms with van der Waals surface area (Å²) >= 11 is 0. The molecule has 2 heterocycles. The highest BCUT2D eigenvalue weighted by molar-refractivity contribution is 6.16. The Balaban J connectivity index is 2.44. The zero-order valence-electron chi connectivity index (χ0n) is 11.0. The molecule has 0 unspecified atom stereocenters. The third-order valence-electron chi connectivity index (χ3n) is 4.12. The molecule has 0 fully saturated rings. The topological polar surface area (TPSA) is 4.41 Å². The molecule has 0 amide bonds. The lowest BCUT2D eigenvalue weighted by molar-refractivity contribution is 1.12. The summed E-state index contributed by atoms with van der Waals surface area (Å²) in [6.45, 7) is 6.23. The highest BCUT2D eigenvalue weighted by Gasteiger charge is 2.18. The van der Waals surface area contributed by atoms with E-state index in [1.807, 2.05) is 6.08 Å². The third-order valence-corrected chi connectivity index (χ3v) is 4.12. The van der Waals surface area contributed by atoms with Crippen molar-refractivity contribution >= 4 is 33.3 Å². The quantitative estimate of drug-likeness (QED) is 0.473. The highest BCUT2D eigenvalue weighted by atomic mass is 14.9. The van der Waals surface area contributed by atoms with Crippen LogP contribution in [0.4, 0.5) is 0 Å². The van der Waals surface area contributed by atoms with Crippen molar-refractivity contribution in [3.05, 3.63) is 60.3 Å². The van der Waals surface area contributed by atoms with Crippen LogP contribution in [0.3, 0.4) is 0 Å². The van der Waals surface area contributed by atoms with Crippen LogP contribution in [0.15, 0.2) is 49.0 Å². The van der Waals surface area contributed by atoms with Crippen molar-refractivity contribution in [1.29, 1.82) is 0 Å². The monoisotopic (exact) mass is 245 g/mol. The van der Waals surface area contributed by atoms with Crippen LogP contribution in [-0.4, -0.2) is 4.40 Å². The van der Waals surface area contributed by atoms with Crippen LogP contribution in [0.5, 0.6) is 0 Å². The summed E-state index contributed by atoms with van der Waals surface area (Å²) < 4.78 is 2.37. The number of para-hydroxylation sites is 2. The maximum atomic E-state index is 4.02. The second-order valence-electron chi connectivity index (χ2n) is 4.98. The Morgan fingerprint density at radius 3 is 2.53 bits per heavy atom. The van der Waals surface area contributed by atoms with Gasteiger partial charge in [-0.3, -0.25) is 0 Å². The highest BCUT2D eigenvalue weighted by Crippen LogP contribution is 2.37. The van der Waals surface area contributed by atoms with E-state index in [-0.39, 0.29) is 0 Å². The first kappa shape index (κ1) is 10.6. The van der Waals surface area contributed by atoms with E-state index >= 15 is 0 Å². The Morgan fingerprint density at radius 1 is 1.00 bits per heavy atom. The second-order valence-corrected chi connectivity index (χ2v) is 4.98. The molecule has 0 saturated carbocycles. The molecule has 2 aromatic heterocycles. The Kier molecular flexibility index (Phi) is 2.02. The number of hydrogen-bond acceptors (Lipinski definition) is 0. The van der Waals surface area contributed by atoms with E-state index in [2.05, 4.69) is 60.4 Å². The summed E-state index contributed by atoms with van der Waals surface area (Å²) in [6.07, 6.45) is 3.03. The first-order chi connectivity index (χ1) is 9.36. The van der Waals surface area contributed by atoms with E-state index in [9.17, 15) is 0 Å². The molecule has 0 saturated heterocycles. The van der Waals surface area contributed by atoms with Gasteiger partial charge in [0.2, 0.25) is 0 Å². The molecule has 0 N–H and O–H groups in total. The first-order valence-corrected chi connectivity index (χ1v) is 6.75. The average Bonchev–Trinajstić information content (AvgIpc) is 2.97. The van der Waals surface area contributed by atoms with Crippen LogP contribution in [0.1, 0.15) is 18.2 Å². The average molecular weight is 245 g/mol. The molecular weight excluding hydrogens is 230 g/mol. The van der Waals surface area contributed by atoms with Crippen LogP contribution in [0.25, 0.3) is 33.3 Å². The summed E-state index contributed by atoms with van der Waals surface area (Å²) in [5.74, 6) is 0. The van der Waals surface area contributed by atoms with Crippen molar-refractivity contribution in [2.75, 3.05) is 0 Å². The molecule has 2 aromatic carbocycles. The normalized spacial score (nSPS) is 11.8. The number of aromatic nitrogens is 1. The van der Waals surface area contributed by atoms with Gasteiger partial charge in [-0.1, -0.05) is 49.9 Å². The van der Waals surface area contributed by atoms with E-state index in [4.69, 9.17) is 0 Å². The van der Waals surface area contributed by atoms with E-state index < -0.39 is 0 Å². The number of benzene rings is 2. The van der Waals surface area contributed by atoms with Crippen molar-refractivity contribution in [1.82, 2.24) is 4.40 Å². The Hall–Kier alpha value is -2.28. The lowest BCUT2D eigenvalue weighted by Crippen LogP contribution is -1.87. The van der Waals surface area contributed by atoms with Crippen molar-refractivity contribution in [2.45, 2.75) is 13.3 Å². The van der Waals surface area contributed by atoms with Gasteiger partial charge in [-0.2, -0.15) is 0 Å². The molecule has 19 heavy (non-hydrogen) atoms. The first-order valence-electron chi connectivity index (χ1n) is 6.75. The summed E-state index contributed by atoms with van der Waals surface area (Å²) in [7, 11) is 0. The minimum absolute atomic E-state index is 1.04. The number of nitrogens with zero attached hydrogens (tertiary/aromatic N) is 1. The van der Waals surface area contributed by atoms with Crippen LogP contribution >= 0.6 is 0 Å². The lowest BCUT2D eigenvalue weighted by Gasteiger charge is -2.00. The zero-order valence-corrected chi connectivity index (χ0v) is 11.0. The smallest absolute Gasteiger partial charge is 0.0617 e. The second kappa shape index (κ2) is 3.61. The number of hydrogen-bond donors (Lipinski definition) is 0. The fraction of sp³-hybridized carbons (Fsp3) is 0.111. The molecular formula is C18H15N. The standard InChI is InChI=1S/C18H15N/c1-3-12-14-9-7-10-15-13-8-5-6-11-17(13)19(18(14)15)16(12)4-2/h4-11H,2-3H2,1H3. The van der Waals surface area contributed by atoms with E-state index in [1.165, 1.54) is 38.4 Å². The Labute approximate surface area is 112 Å². The minimum atomic E-state index is 1.04. The molecule has 0 atom stereocenters. The van der Waals surface area contributed by atoms with Crippen molar-refractivity contribution < 1.29 is 0 Å². The van der Waals surface area contributed by atoms with Gasteiger partial charge in [-0.05, 0) is 24.1 Å². The predicted molar refractivity (Wildman–Crippen MR) is 83.1 cm³/mol. The molecule has 0 aliphatic heterocycles. The molecule has 92 valence electrons. The number of aryl methyl sites for hydroxylation is 1. The Bertz CT molecular complexity index is 911. The van der Waals surface area contributed by atoms with Crippen LogP contribution in [0, 0.1) is 0 Å². The van der Waals surface area contributed by atoms with Gasteiger partial charge in [0.25, 0.3) is 0 Å². The van der Waals surface area contributed by atoms with Gasteiger partial charge in [0.05, 0.1) is 11.0 Å². The fourth-order valence-electron chi connectivity index (χ4n) is 3.37. The molecule has 0 aliphatic carbocycles. The van der Waals surface area contributed by atoms with Crippen LogP contribution < -0.4 is 0 Å². The van der Waals surface area contributed by atoms with Gasteiger partial charge in [0.15, 0.2) is 0 Å². The fourth-order valence-corrected chi connectivity index (χ4v) is 3.37.